The molecular weight excluding hydrogens is 480 g/mol. The van der Waals surface area contributed by atoms with Crippen molar-refractivity contribution in [3.05, 3.63) is 66.0 Å². The molecule has 4 fully saturated rings. The Kier molecular flexibility index (Phi) is 6.74. The van der Waals surface area contributed by atoms with Crippen LogP contribution >= 0.6 is 11.8 Å². The molecule has 2 aromatic carbocycles. The van der Waals surface area contributed by atoms with E-state index in [1.165, 1.54) is 50.3 Å². The lowest BCUT2D eigenvalue weighted by Crippen LogP contribution is -2.56. The van der Waals surface area contributed by atoms with Gasteiger partial charge in [-0.15, -0.1) is 10.2 Å². The van der Waals surface area contributed by atoms with Gasteiger partial charge in [0.25, 0.3) is 0 Å². The molecule has 0 aliphatic heterocycles. The summed E-state index contributed by atoms with van der Waals surface area (Å²) in [4.78, 5) is 13.1. The molecule has 0 spiro atoms. The molecule has 37 heavy (non-hydrogen) atoms. The van der Waals surface area contributed by atoms with Crippen LogP contribution in [0, 0.1) is 23.2 Å². The molecule has 0 unspecified atom stereocenters. The average Bonchev–Trinajstić information content (AvgIpc) is 3.30. The molecule has 1 amide bonds. The van der Waals surface area contributed by atoms with Crippen molar-refractivity contribution >= 4 is 17.7 Å². The summed E-state index contributed by atoms with van der Waals surface area (Å²) >= 11 is 1.46. The number of hydrogen-bond acceptors (Lipinski definition) is 5. The van der Waals surface area contributed by atoms with Gasteiger partial charge < -0.3 is 10.1 Å². The number of hydrogen-bond donors (Lipinski definition) is 1. The largest absolute Gasteiger partial charge is 0.497 e. The highest BCUT2D eigenvalue weighted by Gasteiger charge is 2.53. The summed E-state index contributed by atoms with van der Waals surface area (Å²) < 4.78 is 7.37. The molecule has 4 aliphatic carbocycles. The maximum Gasteiger partial charge on any atom is 0.230 e. The third-order valence-electron chi connectivity index (χ3n) is 8.95. The predicted molar refractivity (Wildman–Crippen MR) is 146 cm³/mol. The molecule has 4 saturated carbocycles. The van der Waals surface area contributed by atoms with Crippen LogP contribution in [0.5, 0.6) is 5.75 Å². The van der Waals surface area contributed by atoms with Crippen molar-refractivity contribution in [2.75, 3.05) is 12.9 Å². The van der Waals surface area contributed by atoms with E-state index >= 15 is 0 Å². The van der Waals surface area contributed by atoms with Gasteiger partial charge in [0.15, 0.2) is 5.16 Å². The minimum atomic E-state index is 0.0903. The van der Waals surface area contributed by atoms with E-state index in [0.29, 0.717) is 17.6 Å². The Balaban J connectivity index is 1.15. The lowest BCUT2D eigenvalue weighted by atomic mass is 9.48. The second kappa shape index (κ2) is 10.2. The van der Waals surface area contributed by atoms with Crippen molar-refractivity contribution in [3.63, 3.8) is 0 Å². The van der Waals surface area contributed by atoms with E-state index in [0.717, 1.165) is 45.7 Å². The van der Waals surface area contributed by atoms with Gasteiger partial charge in [-0.2, -0.15) is 0 Å². The van der Waals surface area contributed by atoms with Crippen LogP contribution < -0.4 is 10.1 Å². The monoisotopic (exact) mass is 516 g/mol. The van der Waals surface area contributed by atoms with Crippen LogP contribution in [0.1, 0.15) is 56.8 Å². The van der Waals surface area contributed by atoms with E-state index in [-0.39, 0.29) is 11.9 Å². The number of carbonyl (C=O) groups excluding carboxylic acids is 1. The van der Waals surface area contributed by atoms with Crippen molar-refractivity contribution in [3.8, 4) is 11.4 Å². The van der Waals surface area contributed by atoms with Crippen LogP contribution in [0.3, 0.4) is 0 Å². The Morgan fingerprint density at radius 2 is 1.68 bits per heavy atom. The normalized spacial score (nSPS) is 26.7. The molecule has 194 valence electrons. The van der Waals surface area contributed by atoms with E-state index in [9.17, 15) is 4.79 Å². The Bertz CT molecular complexity index is 1200. The minimum absolute atomic E-state index is 0.0903. The van der Waals surface area contributed by atoms with Gasteiger partial charge in [0.05, 0.1) is 12.9 Å². The third-order valence-corrected chi connectivity index (χ3v) is 9.88. The Hall–Kier alpha value is -2.80. The molecule has 6 nitrogen and oxygen atoms in total. The number of nitrogens with zero attached hydrogens (tertiary/aromatic N) is 3. The predicted octanol–water partition coefficient (Wildman–Crippen LogP) is 5.68. The number of amides is 1. The van der Waals surface area contributed by atoms with E-state index in [1.807, 2.05) is 30.3 Å². The number of thioether (sulfide) groups is 1. The second-order valence-corrected chi connectivity index (χ2v) is 12.4. The smallest absolute Gasteiger partial charge is 0.230 e. The van der Waals surface area contributed by atoms with Gasteiger partial charge in [-0.25, -0.2) is 0 Å². The number of para-hydroxylation sites is 1. The molecule has 1 N–H and O–H groups in total. The van der Waals surface area contributed by atoms with Gasteiger partial charge in [-0.1, -0.05) is 42.1 Å². The van der Waals surface area contributed by atoms with Gasteiger partial charge in [0, 0.05) is 18.2 Å². The number of benzene rings is 2. The van der Waals surface area contributed by atoms with Crippen molar-refractivity contribution in [1.82, 2.24) is 20.1 Å². The molecule has 1 atom stereocenters. The quantitative estimate of drug-likeness (QED) is 0.371. The zero-order valence-electron chi connectivity index (χ0n) is 21.7. The van der Waals surface area contributed by atoms with Crippen molar-refractivity contribution in [2.45, 2.75) is 63.1 Å². The molecule has 4 bridgehead atoms. The molecule has 7 heteroatoms. The molecule has 1 aromatic heterocycles. The summed E-state index contributed by atoms with van der Waals surface area (Å²) in [5.41, 5.74) is 2.44. The van der Waals surface area contributed by atoms with E-state index < -0.39 is 0 Å². The second-order valence-electron chi connectivity index (χ2n) is 11.5. The number of ether oxygens (including phenoxy) is 1. The van der Waals surface area contributed by atoms with E-state index in [1.54, 1.807) is 7.11 Å². The molecular formula is C30H36N4O2S. The van der Waals surface area contributed by atoms with Crippen LogP contribution in [0.25, 0.3) is 5.69 Å². The summed E-state index contributed by atoms with van der Waals surface area (Å²) in [6.45, 7) is 2.25. The van der Waals surface area contributed by atoms with Crippen molar-refractivity contribution in [2.24, 2.45) is 23.2 Å². The van der Waals surface area contributed by atoms with Crippen LogP contribution in [-0.4, -0.2) is 39.6 Å². The first-order chi connectivity index (χ1) is 18.0. The molecule has 7 rings (SSSR count). The summed E-state index contributed by atoms with van der Waals surface area (Å²) in [6.07, 6.45) is 8.79. The van der Waals surface area contributed by atoms with Crippen LogP contribution in [0.2, 0.25) is 0 Å². The number of methoxy groups -OCH3 is 1. The Morgan fingerprint density at radius 1 is 1.03 bits per heavy atom. The lowest BCUT2D eigenvalue weighted by molar-refractivity contribution is -0.123. The zero-order valence-corrected chi connectivity index (χ0v) is 22.5. The lowest BCUT2D eigenvalue weighted by Gasteiger charge is -2.59. The SMILES string of the molecule is COc1ccc(Cc2nnc(SCC(=O)N[C@H](C)C34CC5CC(CC(C5)C3)C4)n2-c2ccccc2)cc1. The molecule has 1 heterocycles. The fraction of sp³-hybridized carbons (Fsp3) is 0.500. The van der Waals surface area contributed by atoms with Crippen LogP contribution in [0.4, 0.5) is 0 Å². The van der Waals surface area contributed by atoms with Crippen molar-refractivity contribution < 1.29 is 9.53 Å². The summed E-state index contributed by atoms with van der Waals surface area (Å²) in [5.74, 6) is 4.76. The topological polar surface area (TPSA) is 69.0 Å². The fourth-order valence-corrected chi connectivity index (χ4v) is 8.33. The number of carbonyl (C=O) groups is 1. The maximum absolute atomic E-state index is 13.1. The standard InChI is InChI=1S/C30H36N4O2S/c1-20(30-16-22-12-23(17-30)14-24(13-22)18-30)31-28(35)19-37-29-33-32-27(34(29)25-6-4-3-5-7-25)15-21-8-10-26(36-2)11-9-21/h3-11,20,22-24H,12-19H2,1-2H3,(H,31,35)/t20-,22?,23?,24?,30?/m1/s1. The highest BCUT2D eigenvalue weighted by atomic mass is 32.2. The first-order valence-corrected chi connectivity index (χ1v) is 14.5. The van der Waals surface area contributed by atoms with Gasteiger partial charge in [0.1, 0.15) is 11.6 Å². The number of aromatic nitrogens is 3. The minimum Gasteiger partial charge on any atom is -0.497 e. The molecule has 3 aromatic rings. The number of rotatable bonds is 9. The van der Waals surface area contributed by atoms with E-state index in [2.05, 4.69) is 51.3 Å². The van der Waals surface area contributed by atoms with Gasteiger partial charge in [0.2, 0.25) is 5.91 Å². The highest BCUT2D eigenvalue weighted by Crippen LogP contribution is 2.61. The third kappa shape index (κ3) is 5.02. The molecule has 4 aliphatic rings. The maximum atomic E-state index is 13.1. The van der Waals surface area contributed by atoms with Gasteiger partial charge >= 0.3 is 0 Å². The van der Waals surface area contributed by atoms with E-state index in [4.69, 9.17) is 4.74 Å². The number of nitrogens with one attached hydrogen (secondary N) is 1. The molecule has 0 saturated heterocycles. The highest BCUT2D eigenvalue weighted by molar-refractivity contribution is 7.99. The van der Waals surface area contributed by atoms with Gasteiger partial charge in [-0.05, 0) is 98.4 Å². The zero-order chi connectivity index (χ0) is 25.4. The van der Waals surface area contributed by atoms with Crippen LogP contribution in [-0.2, 0) is 11.2 Å². The average molecular weight is 517 g/mol. The van der Waals surface area contributed by atoms with Gasteiger partial charge in [-0.3, -0.25) is 9.36 Å². The summed E-state index contributed by atoms with van der Waals surface area (Å²) in [7, 11) is 1.67. The Labute approximate surface area is 223 Å². The molecule has 0 radical (unpaired) electrons. The van der Waals surface area contributed by atoms with Crippen LogP contribution in [0.15, 0.2) is 59.8 Å². The summed E-state index contributed by atoms with van der Waals surface area (Å²) in [5, 5.41) is 13.2. The fourth-order valence-electron chi connectivity index (χ4n) is 7.54. The Morgan fingerprint density at radius 3 is 2.30 bits per heavy atom. The first kappa shape index (κ1) is 24.5. The first-order valence-electron chi connectivity index (χ1n) is 13.6. The van der Waals surface area contributed by atoms with Crippen molar-refractivity contribution in [1.29, 1.82) is 0 Å². The summed E-state index contributed by atoms with van der Waals surface area (Å²) in [6, 6.07) is 18.4.